The molecule has 2 N–H and O–H groups in total. The van der Waals surface area contributed by atoms with Gasteiger partial charge in [-0.2, -0.15) is 0 Å². The van der Waals surface area contributed by atoms with E-state index in [4.69, 9.17) is 5.73 Å². The van der Waals surface area contributed by atoms with Gasteiger partial charge in [-0.25, -0.2) is 0 Å². The lowest BCUT2D eigenvalue weighted by molar-refractivity contribution is 0.787. The third-order valence-corrected chi connectivity index (χ3v) is 3.04. The monoisotopic (exact) mass is 204 g/mol. The van der Waals surface area contributed by atoms with Gasteiger partial charge in [0.2, 0.25) is 0 Å². The highest BCUT2D eigenvalue weighted by molar-refractivity contribution is 5.47. The van der Waals surface area contributed by atoms with Crippen LogP contribution >= 0.6 is 0 Å². The van der Waals surface area contributed by atoms with Gasteiger partial charge >= 0.3 is 0 Å². The average Bonchev–Trinajstić information content (AvgIpc) is 3.03. The Morgan fingerprint density at radius 2 is 1.93 bits per heavy atom. The highest BCUT2D eigenvalue weighted by Gasteiger charge is 2.22. The van der Waals surface area contributed by atoms with Gasteiger partial charge in [0.25, 0.3) is 0 Å². The molecule has 2 heteroatoms. The van der Waals surface area contributed by atoms with Crippen molar-refractivity contribution in [3.05, 3.63) is 29.8 Å². The number of anilines is 1. The summed E-state index contributed by atoms with van der Waals surface area (Å²) in [6.07, 6.45) is 3.80. The Labute approximate surface area is 92.1 Å². The summed E-state index contributed by atoms with van der Waals surface area (Å²) >= 11 is 0. The second-order valence-electron chi connectivity index (χ2n) is 4.53. The molecule has 0 amide bonds. The van der Waals surface area contributed by atoms with Gasteiger partial charge in [0.1, 0.15) is 0 Å². The van der Waals surface area contributed by atoms with Crippen molar-refractivity contribution in [1.82, 2.24) is 0 Å². The smallest absolute Gasteiger partial charge is 0.0363 e. The zero-order valence-electron chi connectivity index (χ0n) is 9.45. The molecular weight excluding hydrogens is 184 g/mol. The van der Waals surface area contributed by atoms with Crippen molar-refractivity contribution in [2.75, 3.05) is 25.0 Å². The molecular formula is C13H20N2. The van der Waals surface area contributed by atoms with Gasteiger partial charge in [0.05, 0.1) is 0 Å². The minimum atomic E-state index is 0.733. The molecule has 0 unspecified atom stereocenters. The molecule has 1 aromatic rings. The maximum Gasteiger partial charge on any atom is 0.0363 e. The number of nitrogens with two attached hydrogens (primary N) is 1. The predicted molar refractivity (Wildman–Crippen MR) is 65.2 cm³/mol. The normalized spacial score (nSPS) is 15.3. The number of hydrogen-bond donors (Lipinski definition) is 1. The van der Waals surface area contributed by atoms with Crippen LogP contribution < -0.4 is 10.6 Å². The summed E-state index contributed by atoms with van der Waals surface area (Å²) in [6, 6.07) is 8.78. The Morgan fingerprint density at radius 3 is 2.47 bits per heavy atom. The first-order valence-electron chi connectivity index (χ1n) is 5.79. The molecule has 1 aromatic carbocycles. The molecule has 0 aromatic heterocycles. The fourth-order valence-electron chi connectivity index (χ4n) is 1.88. The van der Waals surface area contributed by atoms with E-state index in [2.05, 4.69) is 36.2 Å². The summed E-state index contributed by atoms with van der Waals surface area (Å²) < 4.78 is 0. The predicted octanol–water partition coefficient (Wildman–Crippen LogP) is 2.03. The first-order chi connectivity index (χ1) is 7.29. The highest BCUT2D eigenvalue weighted by Crippen LogP contribution is 2.30. The number of hydrogen-bond acceptors (Lipinski definition) is 2. The third-order valence-electron chi connectivity index (χ3n) is 3.04. The Balaban J connectivity index is 1.95. The zero-order valence-corrected chi connectivity index (χ0v) is 9.45. The lowest BCUT2D eigenvalue weighted by Gasteiger charge is -2.19. The van der Waals surface area contributed by atoms with E-state index in [1.807, 2.05) is 0 Å². The van der Waals surface area contributed by atoms with Crippen LogP contribution in [0.2, 0.25) is 0 Å². The second kappa shape index (κ2) is 4.67. The molecule has 0 aliphatic heterocycles. The summed E-state index contributed by atoms with van der Waals surface area (Å²) in [6.45, 7) is 1.94. The maximum absolute atomic E-state index is 5.52. The zero-order chi connectivity index (χ0) is 10.7. The van der Waals surface area contributed by atoms with Crippen LogP contribution in [0, 0.1) is 5.92 Å². The molecule has 1 saturated carbocycles. The molecule has 82 valence electrons. The van der Waals surface area contributed by atoms with Crippen molar-refractivity contribution in [2.45, 2.75) is 19.3 Å². The quantitative estimate of drug-likeness (QED) is 0.795. The summed E-state index contributed by atoms with van der Waals surface area (Å²) in [5.74, 6) is 0.943. The van der Waals surface area contributed by atoms with Gasteiger partial charge in [0, 0.05) is 19.3 Å². The Bertz CT molecular complexity index is 301. The minimum absolute atomic E-state index is 0.733. The van der Waals surface area contributed by atoms with Crippen molar-refractivity contribution >= 4 is 5.69 Å². The largest absolute Gasteiger partial charge is 0.374 e. The molecule has 1 fully saturated rings. The Morgan fingerprint density at radius 1 is 1.27 bits per heavy atom. The van der Waals surface area contributed by atoms with Crippen LogP contribution in [0.4, 0.5) is 5.69 Å². The first-order valence-corrected chi connectivity index (χ1v) is 5.79. The number of rotatable bonds is 5. The summed E-state index contributed by atoms with van der Waals surface area (Å²) in [7, 11) is 2.18. The summed E-state index contributed by atoms with van der Waals surface area (Å²) in [4.78, 5) is 2.35. The van der Waals surface area contributed by atoms with Crippen LogP contribution in [0.1, 0.15) is 18.4 Å². The minimum Gasteiger partial charge on any atom is -0.374 e. The van der Waals surface area contributed by atoms with Gasteiger partial charge in [-0.15, -0.1) is 0 Å². The molecule has 0 radical (unpaired) electrons. The number of benzene rings is 1. The number of nitrogens with zero attached hydrogens (tertiary/aromatic N) is 1. The molecule has 0 saturated heterocycles. The summed E-state index contributed by atoms with van der Waals surface area (Å²) in [5, 5.41) is 0. The van der Waals surface area contributed by atoms with Crippen LogP contribution in [-0.4, -0.2) is 20.1 Å². The molecule has 0 bridgehead atoms. The van der Waals surface area contributed by atoms with E-state index in [1.54, 1.807) is 0 Å². The van der Waals surface area contributed by atoms with E-state index in [9.17, 15) is 0 Å². The standard InChI is InChI=1S/C13H20N2/c1-15(10-12-2-3-12)13-6-4-11(5-7-13)8-9-14/h4-7,12H,2-3,8-10,14H2,1H3. The molecule has 0 heterocycles. The Hall–Kier alpha value is -1.02. The van der Waals surface area contributed by atoms with Gasteiger partial charge in [-0.3, -0.25) is 0 Å². The SMILES string of the molecule is CN(CC1CC1)c1ccc(CCN)cc1. The van der Waals surface area contributed by atoms with Crippen LogP contribution in [0.3, 0.4) is 0 Å². The summed E-state index contributed by atoms with van der Waals surface area (Å²) in [5.41, 5.74) is 8.18. The van der Waals surface area contributed by atoms with Gasteiger partial charge in [-0.05, 0) is 49.4 Å². The maximum atomic E-state index is 5.52. The van der Waals surface area contributed by atoms with Gasteiger partial charge in [-0.1, -0.05) is 12.1 Å². The van der Waals surface area contributed by atoms with E-state index in [-0.39, 0.29) is 0 Å². The van der Waals surface area contributed by atoms with Crippen LogP contribution in [0.15, 0.2) is 24.3 Å². The van der Waals surface area contributed by atoms with Crippen molar-refractivity contribution in [2.24, 2.45) is 11.7 Å². The Kier molecular flexibility index (Phi) is 3.27. The lowest BCUT2D eigenvalue weighted by atomic mass is 10.1. The topological polar surface area (TPSA) is 29.3 Å². The lowest BCUT2D eigenvalue weighted by Crippen LogP contribution is -2.19. The van der Waals surface area contributed by atoms with Crippen molar-refractivity contribution in [3.8, 4) is 0 Å². The molecule has 0 atom stereocenters. The van der Waals surface area contributed by atoms with E-state index in [0.717, 1.165) is 18.9 Å². The van der Waals surface area contributed by atoms with Crippen molar-refractivity contribution in [1.29, 1.82) is 0 Å². The molecule has 1 aliphatic rings. The fourth-order valence-corrected chi connectivity index (χ4v) is 1.88. The second-order valence-corrected chi connectivity index (χ2v) is 4.53. The van der Waals surface area contributed by atoms with Gasteiger partial charge in [0.15, 0.2) is 0 Å². The van der Waals surface area contributed by atoms with E-state index in [0.29, 0.717) is 0 Å². The molecule has 2 nitrogen and oxygen atoms in total. The van der Waals surface area contributed by atoms with E-state index < -0.39 is 0 Å². The fraction of sp³-hybridized carbons (Fsp3) is 0.538. The average molecular weight is 204 g/mol. The van der Waals surface area contributed by atoms with Gasteiger partial charge < -0.3 is 10.6 Å². The van der Waals surface area contributed by atoms with Crippen LogP contribution in [0.5, 0.6) is 0 Å². The van der Waals surface area contributed by atoms with Crippen LogP contribution in [-0.2, 0) is 6.42 Å². The van der Waals surface area contributed by atoms with E-state index >= 15 is 0 Å². The molecule has 15 heavy (non-hydrogen) atoms. The third kappa shape index (κ3) is 2.96. The molecule has 1 aliphatic carbocycles. The van der Waals surface area contributed by atoms with E-state index in [1.165, 1.54) is 30.6 Å². The van der Waals surface area contributed by atoms with Crippen molar-refractivity contribution in [3.63, 3.8) is 0 Å². The first kappa shape index (κ1) is 10.5. The highest BCUT2D eigenvalue weighted by atomic mass is 15.1. The van der Waals surface area contributed by atoms with Crippen molar-refractivity contribution < 1.29 is 0 Å². The van der Waals surface area contributed by atoms with Crippen LogP contribution in [0.25, 0.3) is 0 Å². The molecule has 2 rings (SSSR count). The molecule has 0 spiro atoms.